The molecule has 1 fully saturated rings. The fourth-order valence-electron chi connectivity index (χ4n) is 2.23. The van der Waals surface area contributed by atoms with Gasteiger partial charge in [-0.15, -0.1) is 0 Å². The highest BCUT2D eigenvalue weighted by Gasteiger charge is 2.15. The number of hydrogen-bond acceptors (Lipinski definition) is 3. The van der Waals surface area contributed by atoms with E-state index in [1.54, 1.807) is 0 Å². The summed E-state index contributed by atoms with van der Waals surface area (Å²) >= 11 is 0. The Morgan fingerprint density at radius 2 is 2.06 bits per heavy atom. The molecule has 1 atom stereocenters. The van der Waals surface area contributed by atoms with Crippen LogP contribution in [0, 0.1) is 0 Å². The quantitative estimate of drug-likeness (QED) is 0.691. The number of rotatable bonds is 6. The molecule has 4 heteroatoms. The van der Waals surface area contributed by atoms with Gasteiger partial charge in [0, 0.05) is 25.2 Å². The molecule has 2 N–H and O–H groups in total. The maximum Gasteiger partial charge on any atom is 0.328 e. The zero-order valence-electron chi connectivity index (χ0n) is 10.9. The van der Waals surface area contributed by atoms with Crippen LogP contribution in [0.25, 0.3) is 0 Å². The van der Waals surface area contributed by atoms with E-state index >= 15 is 0 Å². The molecule has 1 aliphatic rings. The summed E-state index contributed by atoms with van der Waals surface area (Å²) in [5, 5.41) is 11.9. The molecular weight excluding hydrogens is 216 g/mol. The van der Waals surface area contributed by atoms with Crippen LogP contribution < -0.4 is 5.32 Å². The normalized spacial score (nSPS) is 20.2. The van der Waals surface area contributed by atoms with Crippen molar-refractivity contribution in [3.63, 3.8) is 0 Å². The minimum atomic E-state index is -0.867. The Kier molecular flexibility index (Phi) is 6.22. The average Bonchev–Trinajstić information content (AvgIpc) is 2.29. The second kappa shape index (κ2) is 7.45. The molecule has 1 aliphatic heterocycles. The van der Waals surface area contributed by atoms with Crippen molar-refractivity contribution >= 4 is 5.97 Å². The van der Waals surface area contributed by atoms with Crippen LogP contribution in [0.2, 0.25) is 0 Å². The topological polar surface area (TPSA) is 52.6 Å². The maximum atomic E-state index is 10.4. The van der Waals surface area contributed by atoms with Crippen LogP contribution in [-0.2, 0) is 4.79 Å². The van der Waals surface area contributed by atoms with Crippen molar-refractivity contribution in [1.29, 1.82) is 0 Å². The van der Waals surface area contributed by atoms with Gasteiger partial charge in [-0.2, -0.15) is 0 Å². The Balaban J connectivity index is 2.19. The van der Waals surface area contributed by atoms with Crippen molar-refractivity contribution in [3.8, 4) is 0 Å². The molecule has 1 saturated heterocycles. The molecule has 0 saturated carbocycles. The summed E-state index contributed by atoms with van der Waals surface area (Å²) in [5.74, 6) is -0.867. The van der Waals surface area contributed by atoms with Crippen molar-refractivity contribution < 1.29 is 9.90 Å². The number of likely N-dealkylation sites (tertiary alicyclic amines) is 1. The van der Waals surface area contributed by atoms with E-state index in [0.717, 1.165) is 12.1 Å². The molecule has 0 aliphatic carbocycles. The molecule has 0 aromatic carbocycles. The Morgan fingerprint density at radius 3 is 2.65 bits per heavy atom. The van der Waals surface area contributed by atoms with Gasteiger partial charge in [0.1, 0.15) is 0 Å². The molecular formula is C13H24N2O2. The van der Waals surface area contributed by atoms with Crippen molar-refractivity contribution in [2.75, 3.05) is 26.2 Å². The first-order valence-electron chi connectivity index (χ1n) is 6.44. The van der Waals surface area contributed by atoms with E-state index in [1.165, 1.54) is 38.4 Å². The van der Waals surface area contributed by atoms with Gasteiger partial charge < -0.3 is 10.4 Å². The Bertz CT molecular complexity index is 271. The lowest BCUT2D eigenvalue weighted by Crippen LogP contribution is -2.43. The minimum Gasteiger partial charge on any atom is -0.478 e. The summed E-state index contributed by atoms with van der Waals surface area (Å²) in [6, 6.07) is 0.535. The van der Waals surface area contributed by atoms with Crippen LogP contribution in [0.3, 0.4) is 0 Å². The van der Waals surface area contributed by atoms with Gasteiger partial charge in [-0.1, -0.05) is 12.0 Å². The van der Waals surface area contributed by atoms with Gasteiger partial charge in [0.2, 0.25) is 0 Å². The van der Waals surface area contributed by atoms with Gasteiger partial charge in [-0.05, 0) is 39.8 Å². The predicted octanol–water partition coefficient (Wildman–Crippen LogP) is 1.48. The van der Waals surface area contributed by atoms with E-state index in [0.29, 0.717) is 12.6 Å². The largest absolute Gasteiger partial charge is 0.478 e. The van der Waals surface area contributed by atoms with E-state index in [4.69, 9.17) is 5.11 Å². The van der Waals surface area contributed by atoms with Gasteiger partial charge in [0.05, 0.1) is 0 Å². The zero-order valence-corrected chi connectivity index (χ0v) is 10.9. The third-order valence-corrected chi connectivity index (χ3v) is 3.23. The van der Waals surface area contributed by atoms with Crippen LogP contribution in [0.1, 0.15) is 33.1 Å². The second-order valence-electron chi connectivity index (χ2n) is 4.91. The highest BCUT2D eigenvalue weighted by molar-refractivity contribution is 5.80. The number of nitrogens with one attached hydrogen (secondary N) is 1. The van der Waals surface area contributed by atoms with Crippen LogP contribution in [0.4, 0.5) is 0 Å². The highest BCUT2D eigenvalue weighted by atomic mass is 16.4. The molecule has 1 heterocycles. The summed E-state index contributed by atoms with van der Waals surface area (Å²) < 4.78 is 0. The lowest BCUT2D eigenvalue weighted by Gasteiger charge is -2.32. The van der Waals surface area contributed by atoms with E-state index in [2.05, 4.69) is 17.1 Å². The van der Waals surface area contributed by atoms with Crippen LogP contribution in [0.15, 0.2) is 11.6 Å². The summed E-state index contributed by atoms with van der Waals surface area (Å²) in [6.45, 7) is 8.05. The van der Waals surface area contributed by atoms with Crippen LogP contribution in [-0.4, -0.2) is 48.2 Å². The fraction of sp³-hybridized carbons (Fsp3) is 0.769. The molecule has 1 unspecified atom stereocenters. The Hall–Kier alpha value is -0.870. The smallest absolute Gasteiger partial charge is 0.328 e. The number of piperidine rings is 1. The Labute approximate surface area is 104 Å². The SMILES string of the molecule is CC(=CC(=O)O)CNCC(C)N1CCCCC1. The van der Waals surface area contributed by atoms with Crippen molar-refractivity contribution in [2.45, 2.75) is 39.2 Å². The standard InChI is InChI=1S/C13H24N2O2/c1-11(8-13(16)17)9-14-10-12(2)15-6-4-3-5-7-15/h8,12,14H,3-7,9-10H2,1-2H3,(H,16,17). The first-order valence-corrected chi connectivity index (χ1v) is 6.44. The van der Waals surface area contributed by atoms with E-state index in [1.807, 2.05) is 6.92 Å². The molecule has 0 spiro atoms. The lowest BCUT2D eigenvalue weighted by atomic mass is 10.1. The number of carboxylic acids is 1. The molecule has 0 amide bonds. The third kappa shape index (κ3) is 5.84. The zero-order chi connectivity index (χ0) is 12.7. The predicted molar refractivity (Wildman–Crippen MR) is 69.1 cm³/mol. The third-order valence-electron chi connectivity index (χ3n) is 3.23. The number of aliphatic carboxylic acids is 1. The molecule has 0 radical (unpaired) electrons. The number of carboxylic acid groups (broad SMARTS) is 1. The minimum absolute atomic E-state index is 0.535. The van der Waals surface area contributed by atoms with Crippen LogP contribution >= 0.6 is 0 Å². The Morgan fingerprint density at radius 1 is 1.41 bits per heavy atom. The number of hydrogen-bond donors (Lipinski definition) is 2. The first kappa shape index (κ1) is 14.2. The van der Waals surface area contributed by atoms with Crippen molar-refractivity contribution in [3.05, 3.63) is 11.6 Å². The highest BCUT2D eigenvalue weighted by Crippen LogP contribution is 2.11. The average molecular weight is 240 g/mol. The molecule has 98 valence electrons. The molecule has 0 aromatic heterocycles. The van der Waals surface area contributed by atoms with Crippen molar-refractivity contribution in [1.82, 2.24) is 10.2 Å². The number of nitrogens with zero attached hydrogens (tertiary/aromatic N) is 1. The second-order valence-corrected chi connectivity index (χ2v) is 4.91. The maximum absolute atomic E-state index is 10.4. The molecule has 4 nitrogen and oxygen atoms in total. The molecule has 17 heavy (non-hydrogen) atoms. The van der Waals surface area contributed by atoms with E-state index in [9.17, 15) is 4.79 Å². The monoisotopic (exact) mass is 240 g/mol. The van der Waals surface area contributed by atoms with Crippen LogP contribution in [0.5, 0.6) is 0 Å². The van der Waals surface area contributed by atoms with Gasteiger partial charge in [0.25, 0.3) is 0 Å². The lowest BCUT2D eigenvalue weighted by molar-refractivity contribution is -0.131. The van der Waals surface area contributed by atoms with Gasteiger partial charge in [-0.3, -0.25) is 4.90 Å². The van der Waals surface area contributed by atoms with Gasteiger partial charge in [-0.25, -0.2) is 4.79 Å². The fourth-order valence-corrected chi connectivity index (χ4v) is 2.23. The number of carbonyl (C=O) groups is 1. The summed E-state index contributed by atoms with van der Waals surface area (Å²) in [6.07, 6.45) is 5.24. The van der Waals surface area contributed by atoms with Gasteiger partial charge >= 0.3 is 5.97 Å². The van der Waals surface area contributed by atoms with E-state index in [-0.39, 0.29) is 0 Å². The first-order chi connectivity index (χ1) is 8.09. The summed E-state index contributed by atoms with van der Waals surface area (Å²) in [7, 11) is 0. The van der Waals surface area contributed by atoms with Gasteiger partial charge in [0.15, 0.2) is 0 Å². The molecule has 0 bridgehead atoms. The molecule has 1 rings (SSSR count). The molecule has 0 aromatic rings. The van der Waals surface area contributed by atoms with E-state index < -0.39 is 5.97 Å². The summed E-state index contributed by atoms with van der Waals surface area (Å²) in [5.41, 5.74) is 0.864. The summed E-state index contributed by atoms with van der Waals surface area (Å²) in [4.78, 5) is 12.9. The van der Waals surface area contributed by atoms with Crippen molar-refractivity contribution in [2.24, 2.45) is 0 Å².